The van der Waals surface area contributed by atoms with E-state index in [1.165, 1.54) is 25.4 Å². The number of rotatable bonds is 5. The van der Waals surface area contributed by atoms with Crippen molar-refractivity contribution in [3.63, 3.8) is 0 Å². The van der Waals surface area contributed by atoms with Gasteiger partial charge in [-0.05, 0) is 49.4 Å². The smallest absolute Gasteiger partial charge is 0.246 e. The van der Waals surface area contributed by atoms with Gasteiger partial charge in [-0.1, -0.05) is 6.92 Å². The zero-order valence-corrected chi connectivity index (χ0v) is 15.7. The Balaban J connectivity index is 1.73. The van der Waals surface area contributed by atoms with Gasteiger partial charge in [0.25, 0.3) is 0 Å². The molecule has 1 aliphatic rings. The Morgan fingerprint density at radius 2 is 1.72 bits per heavy atom. The minimum Gasteiger partial charge on any atom is -0.369 e. The molecule has 29 heavy (non-hydrogen) atoms. The summed E-state index contributed by atoms with van der Waals surface area (Å²) in [6.45, 7) is -8.95. The largest absolute Gasteiger partial charge is 0.369 e. The second kappa shape index (κ2) is 8.16. The summed E-state index contributed by atoms with van der Waals surface area (Å²) in [5, 5.41) is 6.99. The molecular formula is C21H24F2N6. The van der Waals surface area contributed by atoms with Gasteiger partial charge in [-0.15, -0.1) is 5.10 Å². The Labute approximate surface area is 180 Å². The molecule has 1 aromatic heterocycles. The lowest BCUT2D eigenvalue weighted by Crippen LogP contribution is -2.46. The van der Waals surface area contributed by atoms with Crippen LogP contribution in [0.1, 0.15) is 23.5 Å². The summed E-state index contributed by atoms with van der Waals surface area (Å²) in [5.74, 6) is -1.58. The van der Waals surface area contributed by atoms with Crippen LogP contribution in [0, 0.1) is 18.6 Å². The normalized spacial score (nSPS) is 26.0. The number of likely N-dealkylation sites (N-methyl/N-ethyl adjacent to an activating group) is 1. The summed E-state index contributed by atoms with van der Waals surface area (Å²) in [6.07, 6.45) is 1.22. The Morgan fingerprint density at radius 3 is 2.41 bits per heavy atom. The molecule has 3 aromatic rings. The number of hydrogen-bond acceptors (Lipinski definition) is 5. The number of nitrogens with zero attached hydrogens (tertiary/aromatic N) is 5. The maximum absolute atomic E-state index is 13.6. The zero-order chi connectivity index (χ0) is 27.6. The van der Waals surface area contributed by atoms with Gasteiger partial charge >= 0.3 is 0 Å². The SMILES string of the molecule is [2H]C1([2H])N(CC)C([2H])([2H])C([2H])([2H])N(c2cc(C)cc(Nc3ncn(-c4cc(F)cc(F)c4)n3)c2)C1([2H])[2H]. The van der Waals surface area contributed by atoms with Gasteiger partial charge in [0.2, 0.25) is 5.95 Å². The molecule has 2 aromatic carbocycles. The fourth-order valence-electron chi connectivity index (χ4n) is 2.77. The van der Waals surface area contributed by atoms with Crippen molar-refractivity contribution in [2.75, 3.05) is 42.7 Å². The van der Waals surface area contributed by atoms with Crippen LogP contribution in [0.4, 0.5) is 26.1 Å². The summed E-state index contributed by atoms with van der Waals surface area (Å²) in [6, 6.07) is 7.19. The van der Waals surface area contributed by atoms with Crippen LogP contribution in [0.2, 0.25) is 0 Å². The summed E-state index contributed by atoms with van der Waals surface area (Å²) in [4.78, 5) is 5.07. The highest BCUT2D eigenvalue weighted by atomic mass is 19.1. The molecule has 1 saturated heterocycles. The Hall–Kier alpha value is -3.00. The fourth-order valence-corrected chi connectivity index (χ4v) is 2.77. The first kappa shape index (κ1) is 11.9. The highest BCUT2D eigenvalue weighted by molar-refractivity contribution is 5.64. The van der Waals surface area contributed by atoms with Gasteiger partial charge in [0.05, 0.1) is 11.2 Å². The summed E-state index contributed by atoms with van der Waals surface area (Å²) in [7, 11) is 0. The number of nitrogens with one attached hydrogen (secondary N) is 1. The van der Waals surface area contributed by atoms with Gasteiger partial charge in [-0.2, -0.15) is 4.98 Å². The van der Waals surface area contributed by atoms with Crippen molar-refractivity contribution < 1.29 is 19.7 Å². The molecule has 6 nitrogen and oxygen atoms in total. The van der Waals surface area contributed by atoms with E-state index in [0.29, 0.717) is 15.4 Å². The average molecular weight is 407 g/mol. The molecule has 0 unspecified atom stereocenters. The molecule has 0 spiro atoms. The molecule has 0 amide bonds. The molecule has 0 radical (unpaired) electrons. The highest BCUT2D eigenvalue weighted by Crippen LogP contribution is 2.25. The maximum atomic E-state index is 13.6. The minimum absolute atomic E-state index is 0.00806. The molecule has 1 aliphatic heterocycles. The van der Waals surface area contributed by atoms with Crippen LogP contribution in [-0.2, 0) is 0 Å². The van der Waals surface area contributed by atoms with Gasteiger partial charge in [0.1, 0.15) is 18.0 Å². The quantitative estimate of drug-likeness (QED) is 0.700. The van der Waals surface area contributed by atoms with E-state index in [1.54, 1.807) is 13.0 Å². The van der Waals surface area contributed by atoms with E-state index in [0.717, 1.165) is 22.9 Å². The van der Waals surface area contributed by atoms with Crippen LogP contribution in [0.5, 0.6) is 0 Å². The van der Waals surface area contributed by atoms with E-state index in [4.69, 9.17) is 11.0 Å². The number of halogens is 2. The second-order valence-corrected chi connectivity index (χ2v) is 6.35. The molecule has 0 bridgehead atoms. The molecule has 0 saturated carbocycles. The van der Waals surface area contributed by atoms with Crippen LogP contribution >= 0.6 is 0 Å². The van der Waals surface area contributed by atoms with E-state index in [1.807, 2.05) is 0 Å². The second-order valence-electron chi connectivity index (χ2n) is 6.35. The molecule has 0 aliphatic carbocycles. The number of piperazine rings is 1. The maximum Gasteiger partial charge on any atom is 0.246 e. The number of anilines is 3. The number of aromatic nitrogens is 3. The third-order valence-corrected chi connectivity index (χ3v) is 4.09. The van der Waals surface area contributed by atoms with Crippen LogP contribution in [-0.4, -0.2) is 52.2 Å². The first-order chi connectivity index (χ1) is 17.0. The van der Waals surface area contributed by atoms with E-state index < -0.39 is 37.6 Å². The molecule has 2 heterocycles. The first-order valence-electron chi connectivity index (χ1n) is 12.9. The van der Waals surface area contributed by atoms with E-state index >= 15 is 0 Å². The first-order valence-corrected chi connectivity index (χ1v) is 8.87. The molecule has 1 N–H and O–H groups in total. The van der Waals surface area contributed by atoms with Crippen molar-refractivity contribution in [3.8, 4) is 5.69 Å². The van der Waals surface area contributed by atoms with Crippen LogP contribution in [0.3, 0.4) is 0 Å². The van der Waals surface area contributed by atoms with Crippen molar-refractivity contribution in [1.82, 2.24) is 19.7 Å². The average Bonchev–Trinajstić information content (AvgIpc) is 3.20. The van der Waals surface area contributed by atoms with Crippen LogP contribution < -0.4 is 10.2 Å². The lowest BCUT2D eigenvalue weighted by molar-refractivity contribution is 0.271. The van der Waals surface area contributed by atoms with Gasteiger partial charge < -0.3 is 15.1 Å². The Kier molecular flexibility index (Phi) is 3.34. The minimum atomic E-state index is -2.98. The summed E-state index contributed by atoms with van der Waals surface area (Å²) < 4.78 is 96.0. The predicted molar refractivity (Wildman–Crippen MR) is 110 cm³/mol. The molecule has 4 rings (SSSR count). The van der Waals surface area contributed by atoms with E-state index in [9.17, 15) is 8.78 Å². The number of aryl methyl sites for hydroxylation is 1. The topological polar surface area (TPSA) is 49.2 Å². The van der Waals surface area contributed by atoms with Gasteiger partial charge in [0, 0.05) is 48.9 Å². The monoisotopic (exact) mass is 406 g/mol. The Morgan fingerprint density at radius 1 is 1.00 bits per heavy atom. The van der Waals surface area contributed by atoms with E-state index in [2.05, 4.69) is 15.4 Å². The third-order valence-electron chi connectivity index (χ3n) is 4.09. The van der Waals surface area contributed by atoms with Gasteiger partial charge in [-0.3, -0.25) is 0 Å². The predicted octanol–water partition coefficient (Wildman–Crippen LogP) is 3.74. The van der Waals surface area contributed by atoms with Crippen molar-refractivity contribution in [3.05, 3.63) is 59.9 Å². The highest BCUT2D eigenvalue weighted by Gasteiger charge is 2.17. The van der Waals surface area contributed by atoms with E-state index in [-0.39, 0.29) is 29.6 Å². The summed E-state index contributed by atoms with van der Waals surface area (Å²) >= 11 is 0. The number of hydrogen-bond donors (Lipinski definition) is 1. The molecule has 0 atom stereocenters. The van der Waals surface area contributed by atoms with Crippen LogP contribution in [0.25, 0.3) is 5.69 Å². The fraction of sp³-hybridized carbons (Fsp3) is 0.333. The lowest BCUT2D eigenvalue weighted by Gasteiger charge is -2.35. The van der Waals surface area contributed by atoms with Gasteiger partial charge in [0.15, 0.2) is 0 Å². The Bertz CT molecular complexity index is 1280. The lowest BCUT2D eigenvalue weighted by atomic mass is 10.1. The van der Waals surface area contributed by atoms with Crippen LogP contribution in [0.15, 0.2) is 42.7 Å². The standard InChI is InChI=1S/C21H24F2N6/c1-3-27-4-6-28(7-5-27)19-9-15(2)8-18(13-19)25-21-24-14-29(26-21)20-11-16(22)10-17(23)12-20/h8-14H,3-7H2,1-2H3,(H,25,26)/i4D2,5D2,6D2,7D2. The number of benzene rings is 2. The summed E-state index contributed by atoms with van der Waals surface area (Å²) in [5.41, 5.74) is 0.761. The van der Waals surface area contributed by atoms with Crippen molar-refractivity contribution >= 4 is 17.3 Å². The van der Waals surface area contributed by atoms with Gasteiger partial charge in [-0.25, -0.2) is 13.5 Å². The third kappa shape index (κ3) is 4.54. The molecule has 1 fully saturated rings. The zero-order valence-electron chi connectivity index (χ0n) is 23.7. The van der Waals surface area contributed by atoms with Crippen molar-refractivity contribution in [2.24, 2.45) is 0 Å². The molecule has 8 heteroatoms. The van der Waals surface area contributed by atoms with Crippen molar-refractivity contribution in [1.29, 1.82) is 0 Å². The molecule has 152 valence electrons. The molecular weight excluding hydrogens is 374 g/mol. The van der Waals surface area contributed by atoms with Crippen molar-refractivity contribution in [2.45, 2.75) is 13.8 Å².